The standard InChI is InChI=1S/C18H16ClN5O2S/c1-18(2)16(26)21-11-5-3-4-6-13(11)24(18)14(25)9-27-17-22-12-7-10(19)8-20-15(12)23-17/h3-8H,9H2,1-2H3,(H,21,26)(H,20,22,23). The van der Waals surface area contributed by atoms with E-state index in [1.54, 1.807) is 30.9 Å². The van der Waals surface area contributed by atoms with E-state index in [9.17, 15) is 9.59 Å². The molecule has 1 aliphatic heterocycles. The molecule has 1 aromatic carbocycles. The van der Waals surface area contributed by atoms with Crippen molar-refractivity contribution in [3.63, 3.8) is 0 Å². The minimum atomic E-state index is -0.991. The summed E-state index contributed by atoms with van der Waals surface area (Å²) in [6.07, 6.45) is 1.52. The van der Waals surface area contributed by atoms with E-state index in [-0.39, 0.29) is 17.6 Å². The monoisotopic (exact) mass is 401 g/mol. The molecule has 0 aliphatic carbocycles. The number of fused-ring (bicyclic) bond motifs is 2. The molecule has 7 nitrogen and oxygen atoms in total. The van der Waals surface area contributed by atoms with E-state index >= 15 is 0 Å². The van der Waals surface area contributed by atoms with Crippen molar-refractivity contribution in [1.29, 1.82) is 0 Å². The third kappa shape index (κ3) is 3.15. The molecule has 27 heavy (non-hydrogen) atoms. The van der Waals surface area contributed by atoms with Crippen LogP contribution in [-0.4, -0.2) is 38.1 Å². The lowest BCUT2D eigenvalue weighted by Crippen LogP contribution is -2.58. The van der Waals surface area contributed by atoms with Crippen LogP contribution in [0.2, 0.25) is 5.02 Å². The Bertz CT molecular complexity index is 1060. The van der Waals surface area contributed by atoms with Gasteiger partial charge in [-0.05, 0) is 32.0 Å². The Labute approximate surface area is 164 Å². The first kappa shape index (κ1) is 17.8. The SMILES string of the molecule is CC1(C)C(=O)Nc2ccccc2N1C(=O)CSc1nc2ncc(Cl)cc2[nH]1. The van der Waals surface area contributed by atoms with Crippen molar-refractivity contribution in [3.05, 3.63) is 41.6 Å². The molecule has 3 aromatic rings. The highest BCUT2D eigenvalue weighted by molar-refractivity contribution is 7.99. The number of hydrogen-bond donors (Lipinski definition) is 2. The maximum Gasteiger partial charge on any atom is 0.250 e. The van der Waals surface area contributed by atoms with Crippen molar-refractivity contribution in [2.24, 2.45) is 0 Å². The summed E-state index contributed by atoms with van der Waals surface area (Å²) in [6.45, 7) is 3.46. The molecule has 0 atom stereocenters. The molecule has 0 saturated carbocycles. The molecule has 2 aromatic heterocycles. The highest BCUT2D eigenvalue weighted by Crippen LogP contribution is 2.37. The first-order chi connectivity index (χ1) is 12.9. The van der Waals surface area contributed by atoms with E-state index in [1.807, 2.05) is 18.2 Å². The Morgan fingerprint density at radius 2 is 2.11 bits per heavy atom. The molecule has 0 fully saturated rings. The zero-order valence-corrected chi connectivity index (χ0v) is 16.2. The minimum absolute atomic E-state index is 0.124. The lowest BCUT2D eigenvalue weighted by molar-refractivity contribution is -0.125. The van der Waals surface area contributed by atoms with E-state index < -0.39 is 5.54 Å². The zero-order valence-electron chi connectivity index (χ0n) is 14.6. The van der Waals surface area contributed by atoms with Gasteiger partial charge < -0.3 is 10.3 Å². The third-order valence-electron chi connectivity index (χ3n) is 4.37. The van der Waals surface area contributed by atoms with Gasteiger partial charge in [-0.3, -0.25) is 14.5 Å². The van der Waals surface area contributed by atoms with Gasteiger partial charge >= 0.3 is 0 Å². The predicted molar refractivity (Wildman–Crippen MR) is 106 cm³/mol. The highest BCUT2D eigenvalue weighted by atomic mass is 35.5. The number of carbonyl (C=O) groups is 2. The summed E-state index contributed by atoms with van der Waals surface area (Å²) in [5.74, 6) is -0.278. The largest absolute Gasteiger partial charge is 0.331 e. The smallest absolute Gasteiger partial charge is 0.250 e. The minimum Gasteiger partial charge on any atom is -0.331 e. The van der Waals surface area contributed by atoms with Gasteiger partial charge in [0.15, 0.2) is 10.8 Å². The quantitative estimate of drug-likeness (QED) is 0.656. The van der Waals surface area contributed by atoms with Crippen LogP contribution in [0.3, 0.4) is 0 Å². The summed E-state index contributed by atoms with van der Waals surface area (Å²) in [5, 5.41) is 3.93. The lowest BCUT2D eigenvalue weighted by atomic mass is 9.96. The molecule has 3 heterocycles. The van der Waals surface area contributed by atoms with Crippen LogP contribution in [-0.2, 0) is 9.59 Å². The van der Waals surface area contributed by atoms with Crippen molar-refractivity contribution in [3.8, 4) is 0 Å². The molecular formula is C18H16ClN5O2S. The van der Waals surface area contributed by atoms with Gasteiger partial charge in [0.25, 0.3) is 0 Å². The van der Waals surface area contributed by atoms with Crippen LogP contribution < -0.4 is 10.2 Å². The number of rotatable bonds is 3. The molecule has 0 spiro atoms. The summed E-state index contributed by atoms with van der Waals surface area (Å²) in [6, 6.07) is 9.00. The first-order valence-electron chi connectivity index (χ1n) is 8.24. The molecule has 2 N–H and O–H groups in total. The molecule has 2 amide bonds. The average molecular weight is 402 g/mol. The number of aromatic amines is 1. The second kappa shape index (κ2) is 6.54. The fourth-order valence-corrected chi connectivity index (χ4v) is 3.89. The van der Waals surface area contributed by atoms with Gasteiger partial charge in [-0.15, -0.1) is 0 Å². The highest BCUT2D eigenvalue weighted by Gasteiger charge is 2.43. The van der Waals surface area contributed by atoms with Gasteiger partial charge in [-0.1, -0.05) is 35.5 Å². The molecule has 1 aliphatic rings. The summed E-state index contributed by atoms with van der Waals surface area (Å²) in [4.78, 5) is 38.6. The van der Waals surface area contributed by atoms with Crippen LogP contribution in [0.5, 0.6) is 0 Å². The summed E-state index contributed by atoms with van der Waals surface area (Å²) >= 11 is 7.19. The fraction of sp³-hybridized carbons (Fsp3) is 0.222. The second-order valence-electron chi connectivity index (χ2n) is 6.61. The number of imidazole rings is 1. The summed E-state index contributed by atoms with van der Waals surface area (Å²) in [5.41, 5.74) is 1.57. The lowest BCUT2D eigenvalue weighted by Gasteiger charge is -2.42. The molecule has 9 heteroatoms. The van der Waals surface area contributed by atoms with Crippen LogP contribution >= 0.6 is 23.4 Å². The molecular weight excluding hydrogens is 386 g/mol. The Hall–Kier alpha value is -2.58. The number of hydrogen-bond acceptors (Lipinski definition) is 5. The van der Waals surface area contributed by atoms with Crippen LogP contribution in [0.1, 0.15) is 13.8 Å². The number of amides is 2. The van der Waals surface area contributed by atoms with Crippen molar-refractivity contribution in [1.82, 2.24) is 15.0 Å². The number of carbonyl (C=O) groups excluding carboxylic acids is 2. The van der Waals surface area contributed by atoms with Gasteiger partial charge in [0.1, 0.15) is 5.54 Å². The fourth-order valence-electron chi connectivity index (χ4n) is 3.01. The molecule has 4 rings (SSSR count). The maximum absolute atomic E-state index is 13.0. The van der Waals surface area contributed by atoms with E-state index in [4.69, 9.17) is 11.6 Å². The number of nitrogens with zero attached hydrogens (tertiary/aromatic N) is 3. The maximum atomic E-state index is 13.0. The number of H-pyrrole nitrogens is 1. The summed E-state index contributed by atoms with van der Waals surface area (Å²) in [7, 11) is 0. The number of halogens is 1. The van der Waals surface area contributed by atoms with E-state index in [1.165, 1.54) is 18.0 Å². The molecule has 0 saturated heterocycles. The van der Waals surface area contributed by atoms with Crippen molar-refractivity contribution in [2.75, 3.05) is 16.0 Å². The number of nitrogens with one attached hydrogen (secondary N) is 2. The molecule has 0 radical (unpaired) electrons. The first-order valence-corrected chi connectivity index (χ1v) is 9.60. The van der Waals surface area contributed by atoms with Crippen molar-refractivity contribution in [2.45, 2.75) is 24.5 Å². The van der Waals surface area contributed by atoms with Gasteiger partial charge in [0.2, 0.25) is 11.8 Å². The Kier molecular flexibility index (Phi) is 4.32. The number of pyridine rings is 1. The number of aromatic nitrogens is 3. The second-order valence-corrected chi connectivity index (χ2v) is 8.02. The molecule has 0 unspecified atom stereocenters. The third-order valence-corrected chi connectivity index (χ3v) is 5.44. The number of anilines is 2. The van der Waals surface area contributed by atoms with Crippen LogP contribution in [0.15, 0.2) is 41.7 Å². The Morgan fingerprint density at radius 3 is 2.93 bits per heavy atom. The number of benzene rings is 1. The van der Waals surface area contributed by atoms with Gasteiger partial charge in [0, 0.05) is 6.20 Å². The normalized spacial score (nSPS) is 15.5. The van der Waals surface area contributed by atoms with Crippen LogP contribution in [0.25, 0.3) is 11.2 Å². The van der Waals surface area contributed by atoms with Gasteiger partial charge in [-0.2, -0.15) is 0 Å². The molecule has 0 bridgehead atoms. The van der Waals surface area contributed by atoms with E-state index in [0.717, 1.165) is 0 Å². The van der Waals surface area contributed by atoms with E-state index in [2.05, 4.69) is 20.3 Å². The van der Waals surface area contributed by atoms with Crippen LogP contribution in [0, 0.1) is 0 Å². The van der Waals surface area contributed by atoms with Crippen LogP contribution in [0.4, 0.5) is 11.4 Å². The van der Waals surface area contributed by atoms with Gasteiger partial charge in [0.05, 0.1) is 27.7 Å². The topological polar surface area (TPSA) is 91.0 Å². The number of thioether (sulfide) groups is 1. The summed E-state index contributed by atoms with van der Waals surface area (Å²) < 4.78 is 0. The Morgan fingerprint density at radius 1 is 1.33 bits per heavy atom. The number of para-hydroxylation sites is 2. The average Bonchev–Trinajstić information content (AvgIpc) is 3.02. The van der Waals surface area contributed by atoms with Crippen molar-refractivity contribution < 1.29 is 9.59 Å². The van der Waals surface area contributed by atoms with Gasteiger partial charge in [-0.25, -0.2) is 9.97 Å². The molecule has 138 valence electrons. The Balaban J connectivity index is 1.58. The van der Waals surface area contributed by atoms with E-state index in [0.29, 0.717) is 32.7 Å². The zero-order chi connectivity index (χ0) is 19.2. The van der Waals surface area contributed by atoms with Crippen molar-refractivity contribution >= 4 is 57.7 Å². The predicted octanol–water partition coefficient (Wildman–Crippen LogP) is 3.47.